The molecule has 0 aliphatic heterocycles. The van der Waals surface area contributed by atoms with Crippen LogP contribution < -0.4 is 11.1 Å². The van der Waals surface area contributed by atoms with Crippen LogP contribution in [0.2, 0.25) is 0 Å². The van der Waals surface area contributed by atoms with Crippen molar-refractivity contribution in [3.8, 4) is 0 Å². The van der Waals surface area contributed by atoms with Crippen LogP contribution in [0.3, 0.4) is 0 Å². The zero-order valence-corrected chi connectivity index (χ0v) is 17.1. The lowest BCUT2D eigenvalue weighted by Gasteiger charge is -2.27. The van der Waals surface area contributed by atoms with Gasteiger partial charge in [0.2, 0.25) is 0 Å². The van der Waals surface area contributed by atoms with Crippen molar-refractivity contribution in [1.82, 2.24) is 15.5 Å². The first-order chi connectivity index (χ1) is 12.9. The van der Waals surface area contributed by atoms with Crippen molar-refractivity contribution < 1.29 is 9.32 Å². The summed E-state index contributed by atoms with van der Waals surface area (Å²) in [6.45, 7) is 5.92. The highest BCUT2D eigenvalue weighted by Crippen LogP contribution is 2.32. The number of aromatic nitrogens is 2. The van der Waals surface area contributed by atoms with E-state index in [0.29, 0.717) is 22.4 Å². The van der Waals surface area contributed by atoms with Crippen molar-refractivity contribution in [3.63, 3.8) is 0 Å². The second kappa shape index (κ2) is 7.80. The van der Waals surface area contributed by atoms with Gasteiger partial charge in [0.05, 0.1) is 22.7 Å². The lowest BCUT2D eigenvalue weighted by molar-refractivity contribution is 0.0934. The van der Waals surface area contributed by atoms with E-state index in [0.717, 1.165) is 36.2 Å². The van der Waals surface area contributed by atoms with Gasteiger partial charge in [0.25, 0.3) is 11.6 Å². The fourth-order valence-corrected chi connectivity index (χ4v) is 3.81. The second-order valence-corrected chi connectivity index (χ2v) is 7.57. The van der Waals surface area contributed by atoms with Gasteiger partial charge in [-0.3, -0.25) is 4.79 Å². The zero-order valence-electron chi connectivity index (χ0n) is 16.3. The summed E-state index contributed by atoms with van der Waals surface area (Å²) in [7, 11) is 0. The third-order valence-corrected chi connectivity index (χ3v) is 5.26. The molecule has 4 rings (SSSR count). The maximum Gasteiger partial charge on any atom is 0.259 e. The molecule has 3 N–H and O–H groups in total. The van der Waals surface area contributed by atoms with Crippen LogP contribution in [0.1, 0.15) is 71.5 Å². The molecule has 1 aliphatic carbocycles. The molecule has 28 heavy (non-hydrogen) atoms. The van der Waals surface area contributed by atoms with Gasteiger partial charge in [-0.2, -0.15) is 0 Å². The molecule has 1 aromatic carbocycles. The molecule has 0 saturated carbocycles. The van der Waals surface area contributed by atoms with Gasteiger partial charge in [-0.15, -0.1) is 12.4 Å². The number of fused-ring (bicyclic) bond motifs is 2. The Kier molecular flexibility index (Phi) is 5.61. The summed E-state index contributed by atoms with van der Waals surface area (Å²) in [6.07, 6.45) is 2.93. The molecule has 0 radical (unpaired) electrons. The Hall–Kier alpha value is -2.60. The fraction of sp³-hybridized carbons (Fsp3) is 0.381. The summed E-state index contributed by atoms with van der Waals surface area (Å²) < 4.78 is 5.33. The molecule has 2 heterocycles. The van der Waals surface area contributed by atoms with E-state index in [1.807, 2.05) is 45.0 Å². The minimum absolute atomic E-state index is 0. The maximum absolute atomic E-state index is 13.2. The number of hydrogen-bond acceptors (Lipinski definition) is 5. The minimum Gasteiger partial charge on any atom is -0.399 e. The minimum atomic E-state index is -0.120. The van der Waals surface area contributed by atoms with Crippen LogP contribution in [0.4, 0.5) is 5.69 Å². The molecule has 1 aliphatic rings. The van der Waals surface area contributed by atoms with Crippen LogP contribution in [-0.4, -0.2) is 16.0 Å². The number of amides is 1. The van der Waals surface area contributed by atoms with E-state index in [1.54, 1.807) is 0 Å². The molecule has 7 heteroatoms. The predicted octanol–water partition coefficient (Wildman–Crippen LogP) is 4.47. The quantitative estimate of drug-likeness (QED) is 0.632. The monoisotopic (exact) mass is 400 g/mol. The van der Waals surface area contributed by atoms with Crippen LogP contribution in [0.25, 0.3) is 11.1 Å². The average molecular weight is 401 g/mol. The first-order valence-corrected chi connectivity index (χ1v) is 9.40. The van der Waals surface area contributed by atoms with E-state index in [4.69, 9.17) is 10.3 Å². The molecule has 6 nitrogen and oxygen atoms in total. The molecule has 0 spiro atoms. The van der Waals surface area contributed by atoms with Crippen molar-refractivity contribution in [3.05, 3.63) is 52.3 Å². The summed E-state index contributed by atoms with van der Waals surface area (Å²) in [6, 6.07) is 7.78. The van der Waals surface area contributed by atoms with Crippen LogP contribution in [-0.2, 0) is 6.42 Å². The normalized spacial score (nSPS) is 15.9. The number of rotatable bonds is 3. The first kappa shape index (κ1) is 20.1. The van der Waals surface area contributed by atoms with E-state index in [-0.39, 0.29) is 30.3 Å². The van der Waals surface area contributed by atoms with Gasteiger partial charge >= 0.3 is 0 Å². The van der Waals surface area contributed by atoms with E-state index in [1.165, 1.54) is 5.56 Å². The van der Waals surface area contributed by atoms with Gasteiger partial charge in [-0.1, -0.05) is 25.1 Å². The number of pyridine rings is 1. The van der Waals surface area contributed by atoms with Crippen LogP contribution >= 0.6 is 12.4 Å². The number of aryl methyl sites for hydroxylation is 2. The van der Waals surface area contributed by atoms with Crippen molar-refractivity contribution in [2.45, 2.75) is 52.0 Å². The number of carbonyl (C=O) groups is 1. The van der Waals surface area contributed by atoms with Crippen LogP contribution in [0, 0.1) is 6.92 Å². The van der Waals surface area contributed by atoms with Gasteiger partial charge in [-0.25, -0.2) is 4.98 Å². The lowest BCUT2D eigenvalue weighted by Crippen LogP contribution is -2.31. The molecule has 2 aromatic heterocycles. The summed E-state index contributed by atoms with van der Waals surface area (Å²) in [5.41, 5.74) is 11.5. The Bertz CT molecular complexity index is 1030. The highest BCUT2D eigenvalue weighted by molar-refractivity contribution is 6.06. The standard InChI is InChI=1S/C21H24N4O2.ClH/c1-11(2)18-10-16(19-12(3)25-27-21(19)24-18)20(26)23-17-6-4-5-13-9-14(22)7-8-15(13)17;/h7-11,17H,4-6,22H2,1-3H3,(H,23,26);1H. The van der Waals surface area contributed by atoms with E-state index in [2.05, 4.69) is 15.5 Å². The smallest absolute Gasteiger partial charge is 0.259 e. The summed E-state index contributed by atoms with van der Waals surface area (Å²) in [4.78, 5) is 17.7. The topological polar surface area (TPSA) is 94.0 Å². The number of nitrogen functional groups attached to an aromatic ring is 1. The average Bonchev–Trinajstić information content (AvgIpc) is 3.02. The number of nitrogens with one attached hydrogen (secondary N) is 1. The van der Waals surface area contributed by atoms with Gasteiger partial charge < -0.3 is 15.6 Å². The number of carbonyl (C=O) groups excluding carboxylic acids is 1. The van der Waals surface area contributed by atoms with Crippen molar-refractivity contribution in [2.75, 3.05) is 5.73 Å². The summed E-state index contributed by atoms with van der Waals surface area (Å²) in [5.74, 6) is 0.0648. The number of nitrogens with two attached hydrogens (primary N) is 1. The van der Waals surface area contributed by atoms with E-state index in [9.17, 15) is 4.79 Å². The molecular formula is C21H25ClN4O2. The van der Waals surface area contributed by atoms with Gasteiger partial charge in [0.1, 0.15) is 0 Å². The number of anilines is 1. The maximum atomic E-state index is 13.2. The Morgan fingerprint density at radius 1 is 1.32 bits per heavy atom. The first-order valence-electron chi connectivity index (χ1n) is 9.40. The number of nitrogens with zero attached hydrogens (tertiary/aromatic N) is 2. The van der Waals surface area contributed by atoms with Crippen LogP contribution in [0.15, 0.2) is 28.8 Å². The van der Waals surface area contributed by atoms with Gasteiger partial charge in [0, 0.05) is 11.4 Å². The molecule has 148 valence electrons. The third-order valence-electron chi connectivity index (χ3n) is 5.26. The fourth-order valence-electron chi connectivity index (χ4n) is 3.81. The molecule has 1 atom stereocenters. The van der Waals surface area contributed by atoms with Crippen LogP contribution in [0.5, 0.6) is 0 Å². The van der Waals surface area contributed by atoms with Gasteiger partial charge in [0.15, 0.2) is 0 Å². The predicted molar refractivity (Wildman–Crippen MR) is 112 cm³/mol. The molecule has 3 aromatic rings. The Morgan fingerprint density at radius 2 is 2.11 bits per heavy atom. The number of benzene rings is 1. The second-order valence-electron chi connectivity index (χ2n) is 7.57. The Balaban J connectivity index is 0.00000225. The Labute approximate surface area is 170 Å². The highest BCUT2D eigenvalue weighted by Gasteiger charge is 2.25. The van der Waals surface area contributed by atoms with E-state index < -0.39 is 0 Å². The molecule has 1 amide bonds. The zero-order chi connectivity index (χ0) is 19.1. The Morgan fingerprint density at radius 3 is 2.86 bits per heavy atom. The molecule has 0 saturated heterocycles. The third kappa shape index (κ3) is 3.56. The summed E-state index contributed by atoms with van der Waals surface area (Å²) in [5, 5.41) is 7.89. The molecule has 0 bridgehead atoms. The summed E-state index contributed by atoms with van der Waals surface area (Å²) >= 11 is 0. The highest BCUT2D eigenvalue weighted by atomic mass is 35.5. The lowest BCUT2D eigenvalue weighted by atomic mass is 9.87. The van der Waals surface area contributed by atoms with Crippen molar-refractivity contribution in [1.29, 1.82) is 0 Å². The SMILES string of the molecule is Cc1noc2nc(C(C)C)cc(C(=O)NC3CCCc4cc(N)ccc43)c12.Cl. The van der Waals surface area contributed by atoms with Crippen molar-refractivity contribution in [2.24, 2.45) is 0 Å². The van der Waals surface area contributed by atoms with Crippen molar-refractivity contribution >= 4 is 35.1 Å². The van der Waals surface area contributed by atoms with E-state index >= 15 is 0 Å². The van der Waals surface area contributed by atoms with Gasteiger partial charge in [-0.05, 0) is 61.4 Å². The number of halogens is 1. The molecule has 0 fully saturated rings. The largest absolute Gasteiger partial charge is 0.399 e. The molecule has 1 unspecified atom stereocenters. The molecular weight excluding hydrogens is 376 g/mol. The number of hydrogen-bond donors (Lipinski definition) is 2.